The number of aliphatic carboxylic acids is 1. The lowest BCUT2D eigenvalue weighted by atomic mass is 9.97. The molecule has 0 spiro atoms. The first-order valence-electron chi connectivity index (χ1n) is 9.14. The van der Waals surface area contributed by atoms with E-state index in [1.807, 2.05) is 60.7 Å². The Morgan fingerprint density at radius 1 is 1.14 bits per heavy atom. The fourth-order valence-corrected chi connectivity index (χ4v) is 4.60. The van der Waals surface area contributed by atoms with Crippen LogP contribution in [0.25, 0.3) is 11.6 Å². The molecule has 5 nitrogen and oxygen atoms in total. The van der Waals surface area contributed by atoms with E-state index in [-0.39, 0.29) is 12.3 Å². The van der Waals surface area contributed by atoms with Crippen molar-refractivity contribution in [3.8, 4) is 5.88 Å². The number of aromatic hydroxyl groups is 1. The van der Waals surface area contributed by atoms with Gasteiger partial charge in [-0.05, 0) is 30.8 Å². The first kappa shape index (κ1) is 19.3. The van der Waals surface area contributed by atoms with Gasteiger partial charge in [-0.3, -0.25) is 9.36 Å². The first-order valence-corrected chi connectivity index (χ1v) is 10.4. The second-order valence-electron chi connectivity index (χ2n) is 6.61. The number of nitrogens with zero attached hydrogens (tertiary/aromatic N) is 2. The number of hydrogen-bond acceptors (Lipinski definition) is 5. The maximum atomic E-state index is 10.8. The fraction of sp³-hybridized carbons (Fsp3) is 0.136. The Bertz CT molecular complexity index is 1190. The molecule has 0 bridgehead atoms. The van der Waals surface area contributed by atoms with Crippen molar-refractivity contribution in [3.63, 3.8) is 0 Å². The maximum Gasteiger partial charge on any atom is 0.303 e. The summed E-state index contributed by atoms with van der Waals surface area (Å²) in [4.78, 5) is 16.2. The van der Waals surface area contributed by atoms with E-state index in [4.69, 9.17) is 22.3 Å². The normalized spacial score (nSPS) is 14.1. The number of para-hydroxylation sites is 1. The number of hydrogen-bond donors (Lipinski definition) is 2. The van der Waals surface area contributed by atoms with Crippen LogP contribution in [0, 0.1) is 3.95 Å². The second-order valence-corrected chi connectivity index (χ2v) is 8.28. The molecule has 146 valence electrons. The maximum absolute atomic E-state index is 10.8. The van der Waals surface area contributed by atoms with Crippen molar-refractivity contribution in [1.82, 2.24) is 4.57 Å². The summed E-state index contributed by atoms with van der Waals surface area (Å²) in [5, 5.41) is 19.6. The molecule has 0 saturated carbocycles. The van der Waals surface area contributed by atoms with Gasteiger partial charge in [-0.15, -0.1) is 11.3 Å². The highest BCUT2D eigenvalue weighted by atomic mass is 32.1. The van der Waals surface area contributed by atoms with Crippen LogP contribution < -0.4 is 0 Å². The number of carboxylic acids is 1. The van der Waals surface area contributed by atoms with Gasteiger partial charge in [-0.1, -0.05) is 48.5 Å². The smallest absolute Gasteiger partial charge is 0.303 e. The van der Waals surface area contributed by atoms with Crippen LogP contribution in [0.3, 0.4) is 0 Å². The van der Waals surface area contributed by atoms with E-state index >= 15 is 0 Å². The van der Waals surface area contributed by atoms with Gasteiger partial charge in [0.25, 0.3) is 0 Å². The molecule has 1 aromatic heterocycles. The van der Waals surface area contributed by atoms with Gasteiger partial charge in [0.2, 0.25) is 5.88 Å². The number of aliphatic imine (C=N–C) groups is 1. The zero-order valence-corrected chi connectivity index (χ0v) is 17.0. The van der Waals surface area contributed by atoms with Crippen LogP contribution in [-0.2, 0) is 11.3 Å². The highest BCUT2D eigenvalue weighted by Gasteiger charge is 2.23. The van der Waals surface area contributed by atoms with Gasteiger partial charge in [0.1, 0.15) is 0 Å². The summed E-state index contributed by atoms with van der Waals surface area (Å²) in [6.45, 7) is 0.368. The summed E-state index contributed by atoms with van der Waals surface area (Å²) >= 11 is 6.70. The van der Waals surface area contributed by atoms with Crippen molar-refractivity contribution in [2.24, 2.45) is 4.99 Å². The Morgan fingerprint density at radius 2 is 1.86 bits per heavy atom. The molecule has 0 amide bonds. The van der Waals surface area contributed by atoms with Gasteiger partial charge >= 0.3 is 5.97 Å². The molecule has 2 N–H and O–H groups in total. The van der Waals surface area contributed by atoms with Crippen molar-refractivity contribution in [3.05, 3.63) is 74.6 Å². The first-order chi connectivity index (χ1) is 14.0. The Morgan fingerprint density at radius 3 is 2.62 bits per heavy atom. The Kier molecular flexibility index (Phi) is 5.42. The molecule has 1 aliphatic rings. The third-order valence-electron chi connectivity index (χ3n) is 4.67. The summed E-state index contributed by atoms with van der Waals surface area (Å²) in [5.74, 6) is -0.797. The number of allylic oxidation sites excluding steroid dienone is 1. The molecule has 2 heterocycles. The number of thiazole rings is 1. The van der Waals surface area contributed by atoms with Gasteiger partial charge < -0.3 is 10.2 Å². The molecule has 4 rings (SSSR count). The van der Waals surface area contributed by atoms with Crippen molar-refractivity contribution < 1.29 is 15.0 Å². The summed E-state index contributed by atoms with van der Waals surface area (Å²) in [6, 6.07) is 17.8. The fourth-order valence-electron chi connectivity index (χ4n) is 3.29. The number of aromatic nitrogens is 1. The molecule has 0 unspecified atom stereocenters. The molecule has 3 aromatic rings. The van der Waals surface area contributed by atoms with Crippen LogP contribution in [0.2, 0.25) is 0 Å². The molecule has 0 fully saturated rings. The molecule has 7 heteroatoms. The minimum Gasteiger partial charge on any atom is -0.493 e. The van der Waals surface area contributed by atoms with Gasteiger partial charge in [0.15, 0.2) is 3.95 Å². The van der Waals surface area contributed by atoms with Crippen molar-refractivity contribution >= 4 is 52.6 Å². The number of benzene rings is 2. The van der Waals surface area contributed by atoms with Gasteiger partial charge in [-0.25, -0.2) is 4.99 Å². The minimum absolute atomic E-state index is 0.0334. The number of carbonyl (C=O) groups is 1. The lowest BCUT2D eigenvalue weighted by Crippen LogP contribution is -2.01. The summed E-state index contributed by atoms with van der Waals surface area (Å²) < 4.78 is 2.11. The number of fused-ring (bicyclic) bond motifs is 1. The number of rotatable bonds is 6. The molecular formula is C22H18N2O3S2. The third kappa shape index (κ3) is 3.92. The van der Waals surface area contributed by atoms with Crippen molar-refractivity contribution in [1.29, 1.82) is 0 Å². The van der Waals surface area contributed by atoms with E-state index < -0.39 is 5.97 Å². The highest BCUT2D eigenvalue weighted by molar-refractivity contribution is 7.73. The number of carboxylic acid groups (broad SMARTS) is 1. The summed E-state index contributed by atoms with van der Waals surface area (Å²) in [7, 11) is 0. The van der Waals surface area contributed by atoms with Gasteiger partial charge in [-0.2, -0.15) is 0 Å². The monoisotopic (exact) mass is 422 g/mol. The summed E-state index contributed by atoms with van der Waals surface area (Å²) in [5.41, 5.74) is 4.67. The molecule has 0 radical (unpaired) electrons. The lowest BCUT2D eigenvalue weighted by molar-refractivity contribution is -0.137. The van der Waals surface area contributed by atoms with E-state index in [0.29, 0.717) is 21.8 Å². The Hall–Kier alpha value is -3.03. The van der Waals surface area contributed by atoms with Crippen LogP contribution in [0.4, 0.5) is 5.69 Å². The topological polar surface area (TPSA) is 74.8 Å². The van der Waals surface area contributed by atoms with E-state index in [1.165, 1.54) is 11.3 Å². The van der Waals surface area contributed by atoms with E-state index in [0.717, 1.165) is 28.1 Å². The SMILES string of the molecule is O=C(O)CCCn1c(O)c(/C=C2/C(c3ccccc3)=Nc3ccccc32)sc1=S. The zero-order valence-electron chi connectivity index (χ0n) is 15.4. The van der Waals surface area contributed by atoms with Crippen molar-refractivity contribution in [2.45, 2.75) is 19.4 Å². The molecule has 1 aliphatic heterocycles. The Balaban J connectivity index is 1.75. The summed E-state index contributed by atoms with van der Waals surface area (Å²) in [6.07, 6.45) is 2.36. The average Bonchev–Trinajstić information content (AvgIpc) is 3.21. The van der Waals surface area contributed by atoms with Crippen molar-refractivity contribution in [2.75, 3.05) is 0 Å². The van der Waals surface area contributed by atoms with E-state index in [2.05, 4.69) is 0 Å². The van der Waals surface area contributed by atoms with Crippen LogP contribution in [0.1, 0.15) is 28.8 Å². The second kappa shape index (κ2) is 8.14. The predicted octanol–water partition coefficient (Wildman–Crippen LogP) is 5.52. The van der Waals surface area contributed by atoms with E-state index in [9.17, 15) is 9.90 Å². The third-order valence-corrected chi connectivity index (χ3v) is 6.06. The standard InChI is InChI=1S/C22H18N2O3S2/c25-19(26)11-6-12-24-21(27)18(29-22(24)28)13-16-15-9-4-5-10-17(15)23-20(16)14-7-2-1-3-8-14/h1-5,7-10,13,27H,6,11-12H2,(H,25,26)/b16-13+. The largest absolute Gasteiger partial charge is 0.493 e. The van der Waals surface area contributed by atoms with Crippen LogP contribution >= 0.6 is 23.6 Å². The van der Waals surface area contributed by atoms with Gasteiger partial charge in [0.05, 0.1) is 16.3 Å². The minimum atomic E-state index is -0.861. The molecular weight excluding hydrogens is 404 g/mol. The molecule has 0 aliphatic carbocycles. The zero-order chi connectivity index (χ0) is 20.4. The highest BCUT2D eigenvalue weighted by Crippen LogP contribution is 2.40. The van der Waals surface area contributed by atoms with E-state index in [1.54, 1.807) is 4.57 Å². The lowest BCUT2D eigenvalue weighted by Gasteiger charge is -2.06. The molecule has 0 atom stereocenters. The molecule has 29 heavy (non-hydrogen) atoms. The van der Waals surface area contributed by atoms with Gasteiger partial charge in [0, 0.05) is 29.7 Å². The molecule has 0 saturated heterocycles. The quantitative estimate of drug-likeness (QED) is 0.513. The predicted molar refractivity (Wildman–Crippen MR) is 119 cm³/mol. The average molecular weight is 423 g/mol. The van der Waals surface area contributed by atoms with Crippen LogP contribution in [0.15, 0.2) is 59.6 Å². The Labute approximate surface area is 176 Å². The molecule has 2 aromatic carbocycles. The van der Waals surface area contributed by atoms with Crippen LogP contribution in [-0.4, -0.2) is 26.5 Å². The van der Waals surface area contributed by atoms with Crippen LogP contribution in [0.5, 0.6) is 5.88 Å².